The van der Waals surface area contributed by atoms with Crippen LogP contribution in [0.2, 0.25) is 0 Å². The molecule has 0 bridgehead atoms. The number of aromatic nitrogens is 2. The maximum atomic E-state index is 13.5. The number of nitrogens with one attached hydrogen (secondary N) is 2. The number of ketones is 1. The fraction of sp³-hybridized carbons (Fsp3) is 0.512. The second kappa shape index (κ2) is 24.5. The van der Waals surface area contributed by atoms with E-state index in [1.165, 1.54) is 22.5 Å². The van der Waals surface area contributed by atoms with Gasteiger partial charge in [-0.15, -0.1) is 22.7 Å². The number of nitrogens with zero attached hydrogens (tertiary/aromatic N) is 4. The summed E-state index contributed by atoms with van der Waals surface area (Å²) in [4.78, 5) is 51.8. The molecule has 11 nitrogen and oxygen atoms in total. The van der Waals surface area contributed by atoms with Crippen molar-refractivity contribution in [2.75, 3.05) is 39.9 Å². The highest BCUT2D eigenvalue weighted by molar-refractivity contribution is 7.09. The van der Waals surface area contributed by atoms with Crippen molar-refractivity contribution in [2.45, 2.75) is 97.4 Å². The number of hydrogen-bond acceptors (Lipinski definition) is 10. The van der Waals surface area contributed by atoms with Crippen LogP contribution in [0.1, 0.15) is 86.0 Å². The number of rotatable bonds is 19. The first-order chi connectivity index (χ1) is 27.1. The third-order valence-electron chi connectivity index (χ3n) is 9.74. The van der Waals surface area contributed by atoms with Crippen molar-refractivity contribution in [3.05, 3.63) is 104 Å². The van der Waals surface area contributed by atoms with E-state index < -0.39 is 6.04 Å². The monoisotopic (exact) mass is 804 g/mol. The van der Waals surface area contributed by atoms with Gasteiger partial charge >= 0.3 is 12.1 Å². The van der Waals surface area contributed by atoms with E-state index >= 15 is 0 Å². The minimum absolute atomic E-state index is 0.0892. The fourth-order valence-electron chi connectivity index (χ4n) is 6.27. The van der Waals surface area contributed by atoms with E-state index in [1.807, 2.05) is 41.8 Å². The van der Waals surface area contributed by atoms with Crippen LogP contribution >= 0.6 is 22.7 Å². The third kappa shape index (κ3) is 16.1. The van der Waals surface area contributed by atoms with Crippen molar-refractivity contribution in [3.8, 4) is 0 Å². The number of ether oxygens (including phenoxy) is 2. The summed E-state index contributed by atoms with van der Waals surface area (Å²) in [5.74, 6) is 0.737. The summed E-state index contributed by atoms with van der Waals surface area (Å²) in [6.45, 7) is 13.0. The van der Waals surface area contributed by atoms with Crippen molar-refractivity contribution in [2.24, 2.45) is 5.92 Å². The number of morpholine rings is 1. The van der Waals surface area contributed by atoms with Crippen molar-refractivity contribution < 1.29 is 23.9 Å². The second-order valence-corrected chi connectivity index (χ2v) is 16.4. The SMILES string of the molecule is CC[C@@H](CC(=O)[C@H](CCN1CCOCC1)NC(=O)N(C)Cc1csc(C(C)C)n1)Cc1ccccc1.CC[C@H](Cc1ccccc1)NC(=O)OCc1cncs1. The average molecular weight is 805 g/mol. The molecule has 1 aliphatic heterocycles. The van der Waals surface area contributed by atoms with E-state index in [-0.39, 0.29) is 36.5 Å². The van der Waals surface area contributed by atoms with Crippen LogP contribution in [0.4, 0.5) is 9.59 Å². The molecular formula is C43H60N6O5S2. The number of amides is 3. The van der Waals surface area contributed by atoms with Gasteiger partial charge in [0, 0.05) is 56.6 Å². The predicted octanol–water partition coefficient (Wildman–Crippen LogP) is 8.12. The highest BCUT2D eigenvalue weighted by atomic mass is 32.1. The Kier molecular flexibility index (Phi) is 19.5. The van der Waals surface area contributed by atoms with Gasteiger partial charge < -0.3 is 25.0 Å². The molecule has 2 N–H and O–H groups in total. The van der Waals surface area contributed by atoms with Crippen molar-refractivity contribution >= 4 is 40.6 Å². The molecule has 0 spiro atoms. The van der Waals surface area contributed by atoms with Crippen LogP contribution in [0.5, 0.6) is 0 Å². The highest BCUT2D eigenvalue weighted by Crippen LogP contribution is 2.21. The van der Waals surface area contributed by atoms with Gasteiger partial charge in [-0.1, -0.05) is 94.8 Å². The highest BCUT2D eigenvalue weighted by Gasteiger charge is 2.26. The van der Waals surface area contributed by atoms with Crippen LogP contribution in [0.25, 0.3) is 0 Å². The summed E-state index contributed by atoms with van der Waals surface area (Å²) < 4.78 is 10.6. The molecule has 5 rings (SSSR count). The number of carbonyl (C=O) groups excluding carboxylic acids is 3. The first-order valence-corrected chi connectivity index (χ1v) is 21.6. The lowest BCUT2D eigenvalue weighted by Gasteiger charge is -2.29. The lowest BCUT2D eigenvalue weighted by molar-refractivity contribution is -0.122. The Morgan fingerprint density at radius 3 is 2.20 bits per heavy atom. The molecule has 3 heterocycles. The van der Waals surface area contributed by atoms with Crippen LogP contribution < -0.4 is 10.6 Å². The van der Waals surface area contributed by atoms with Gasteiger partial charge in [-0.3, -0.25) is 14.7 Å². The molecule has 0 radical (unpaired) electrons. The Balaban J connectivity index is 0.000000293. The zero-order valence-corrected chi connectivity index (χ0v) is 35.3. The molecule has 0 aliphatic carbocycles. The van der Waals surface area contributed by atoms with E-state index in [2.05, 4.69) is 77.5 Å². The van der Waals surface area contributed by atoms with E-state index in [4.69, 9.17) is 9.47 Å². The third-order valence-corrected chi connectivity index (χ3v) is 11.7. The topological polar surface area (TPSA) is 126 Å². The first kappa shape index (κ1) is 44.5. The van der Waals surface area contributed by atoms with E-state index in [0.29, 0.717) is 38.5 Å². The summed E-state index contributed by atoms with van der Waals surface area (Å²) in [6, 6.07) is 19.8. The van der Waals surface area contributed by atoms with Crippen molar-refractivity contribution in [3.63, 3.8) is 0 Å². The number of thiazole rings is 2. The van der Waals surface area contributed by atoms with E-state index in [0.717, 1.165) is 60.9 Å². The molecule has 2 aromatic carbocycles. The van der Waals surface area contributed by atoms with Gasteiger partial charge in [0.05, 0.1) is 46.9 Å². The summed E-state index contributed by atoms with van der Waals surface area (Å²) in [5.41, 5.74) is 5.06. The van der Waals surface area contributed by atoms with E-state index in [9.17, 15) is 14.4 Å². The van der Waals surface area contributed by atoms with Gasteiger partial charge in [-0.05, 0) is 42.7 Å². The molecule has 4 aromatic rings. The van der Waals surface area contributed by atoms with Gasteiger partial charge in [0.15, 0.2) is 5.78 Å². The number of benzene rings is 2. The molecule has 3 atom stereocenters. The summed E-state index contributed by atoms with van der Waals surface area (Å²) >= 11 is 3.10. The Hall–Kier alpha value is -4.17. The van der Waals surface area contributed by atoms with Gasteiger partial charge in [0.1, 0.15) is 6.61 Å². The molecule has 1 fully saturated rings. The largest absolute Gasteiger partial charge is 0.444 e. The van der Waals surface area contributed by atoms with Gasteiger partial charge in [0.25, 0.3) is 0 Å². The average Bonchev–Trinajstić information content (AvgIpc) is 3.92. The minimum atomic E-state index is -0.505. The van der Waals surface area contributed by atoms with Gasteiger partial charge in [-0.2, -0.15) is 0 Å². The fourth-order valence-corrected chi connectivity index (χ4v) is 7.61. The molecular weight excluding hydrogens is 745 g/mol. The van der Waals surface area contributed by atoms with E-state index in [1.54, 1.807) is 35.0 Å². The van der Waals surface area contributed by atoms with Crippen LogP contribution in [0, 0.1) is 5.92 Å². The van der Waals surface area contributed by atoms with Crippen molar-refractivity contribution in [1.29, 1.82) is 0 Å². The molecule has 56 heavy (non-hydrogen) atoms. The minimum Gasteiger partial charge on any atom is -0.444 e. The Labute approximate surface area is 341 Å². The summed E-state index contributed by atoms with van der Waals surface area (Å²) in [5, 5.41) is 9.04. The molecule has 304 valence electrons. The molecule has 2 aromatic heterocycles. The Morgan fingerprint density at radius 1 is 0.929 bits per heavy atom. The maximum Gasteiger partial charge on any atom is 0.407 e. The molecule has 1 aliphatic rings. The number of Topliss-reactive ketones (excluding diaryl/α,β-unsaturated/α-hetero) is 1. The molecule has 0 unspecified atom stereocenters. The lowest BCUT2D eigenvalue weighted by Crippen LogP contribution is -2.48. The van der Waals surface area contributed by atoms with Crippen LogP contribution in [0.3, 0.4) is 0 Å². The normalized spacial score (nSPS) is 14.5. The van der Waals surface area contributed by atoms with Gasteiger partial charge in [0.2, 0.25) is 0 Å². The second-order valence-electron chi connectivity index (χ2n) is 14.6. The lowest BCUT2D eigenvalue weighted by atomic mass is 9.89. The van der Waals surface area contributed by atoms with Crippen molar-refractivity contribution in [1.82, 2.24) is 30.4 Å². The standard InChI is InChI=1S/C28H42N4O3S.C15H18N2O2S/c1-5-22(17-23-9-7-6-8-10-23)18-26(33)25(11-12-32-13-15-35-16-14-32)30-28(34)31(4)19-24-20-36-27(29-24)21(2)3;1-2-13(8-12-6-4-3-5-7-12)17-15(18)19-10-14-9-16-11-20-14/h6-10,20-22,25H,5,11-19H2,1-4H3,(H,30,34);3-7,9,11,13H,2,8,10H2,1H3,(H,17,18)/t22-,25+;13-/m11/s1. The number of urea groups is 1. The molecule has 13 heteroatoms. The smallest absolute Gasteiger partial charge is 0.407 e. The zero-order valence-electron chi connectivity index (χ0n) is 33.7. The Bertz CT molecular complexity index is 1700. The molecule has 1 saturated heterocycles. The van der Waals surface area contributed by atoms with Crippen LogP contribution in [-0.2, 0) is 40.3 Å². The summed E-state index contributed by atoms with van der Waals surface area (Å²) in [7, 11) is 1.76. The molecule has 0 saturated carbocycles. The van der Waals surface area contributed by atoms with Crippen LogP contribution in [-0.4, -0.2) is 89.7 Å². The number of alkyl carbamates (subject to hydrolysis) is 1. The zero-order chi connectivity index (χ0) is 40.1. The maximum absolute atomic E-state index is 13.5. The number of hydrogen-bond donors (Lipinski definition) is 2. The predicted molar refractivity (Wildman–Crippen MR) is 225 cm³/mol. The molecule has 3 amide bonds. The van der Waals surface area contributed by atoms with Gasteiger partial charge in [-0.25, -0.2) is 14.6 Å². The first-order valence-electron chi connectivity index (χ1n) is 19.8. The quantitative estimate of drug-likeness (QED) is 0.0974. The summed E-state index contributed by atoms with van der Waals surface area (Å²) in [6.07, 6.45) is 5.88. The van der Waals surface area contributed by atoms with Crippen LogP contribution in [0.15, 0.2) is 77.8 Å². The number of carbonyl (C=O) groups is 3. The Morgan fingerprint density at radius 2 is 1.61 bits per heavy atom.